The zero-order valence-electron chi connectivity index (χ0n) is 26.8. The van der Waals surface area contributed by atoms with Gasteiger partial charge in [-0.1, -0.05) is 30.3 Å². The van der Waals surface area contributed by atoms with E-state index in [1.807, 2.05) is 60.1 Å². The van der Waals surface area contributed by atoms with Gasteiger partial charge in [-0.05, 0) is 55.2 Å². The molecule has 13 heteroatoms. The second kappa shape index (κ2) is 14.8. The Morgan fingerprint density at radius 3 is 2.69 bits per heavy atom. The number of benzene rings is 1. The van der Waals surface area contributed by atoms with Crippen molar-refractivity contribution in [2.45, 2.75) is 38.6 Å². The van der Waals surface area contributed by atoms with Crippen LogP contribution in [0.4, 0.5) is 5.82 Å². The number of nitrogens with zero attached hydrogens (tertiary/aromatic N) is 4. The Labute approximate surface area is 277 Å². The number of carbonyl (C=O) groups is 4. The van der Waals surface area contributed by atoms with Crippen molar-refractivity contribution in [3.8, 4) is 0 Å². The molecule has 5 N–H and O–H groups in total. The maximum Gasteiger partial charge on any atom is 0.270 e. The maximum absolute atomic E-state index is 13.5. The molecule has 0 fully saturated rings. The number of carbonyl (C=O) groups excluding carboxylic acids is 4. The average molecular weight is 650 g/mol. The number of aryl methyl sites for hydroxylation is 1. The Balaban J connectivity index is 1.18. The molecule has 0 spiro atoms. The lowest BCUT2D eigenvalue weighted by Gasteiger charge is -2.23. The summed E-state index contributed by atoms with van der Waals surface area (Å²) in [5, 5.41) is 12.8. The van der Waals surface area contributed by atoms with E-state index in [1.54, 1.807) is 29.3 Å². The fourth-order valence-corrected chi connectivity index (χ4v) is 5.90. The van der Waals surface area contributed by atoms with Gasteiger partial charge in [-0.2, -0.15) is 0 Å². The average Bonchev–Trinajstić information content (AvgIpc) is 3.70. The fraction of sp³-hybridized carbons (Fsp3) is 0.314. The third kappa shape index (κ3) is 7.63. The number of hydrogen-bond donors (Lipinski definition) is 5. The smallest absolute Gasteiger partial charge is 0.270 e. The minimum atomic E-state index is -0.855. The van der Waals surface area contributed by atoms with Crippen molar-refractivity contribution >= 4 is 46.0 Å². The lowest BCUT2D eigenvalue weighted by Crippen LogP contribution is -2.48. The number of aromatic nitrogens is 4. The number of H-pyrrole nitrogens is 1. The van der Waals surface area contributed by atoms with E-state index in [0.717, 1.165) is 33.4 Å². The van der Waals surface area contributed by atoms with Gasteiger partial charge in [0.1, 0.15) is 23.2 Å². The van der Waals surface area contributed by atoms with Crippen LogP contribution in [0.15, 0.2) is 73.2 Å². The molecule has 1 aliphatic rings. The Hall–Kier alpha value is -5.72. The van der Waals surface area contributed by atoms with E-state index in [2.05, 4.69) is 36.2 Å². The number of rotatable bonds is 4. The second-order valence-electron chi connectivity index (χ2n) is 11.9. The topological polar surface area (TPSA) is 166 Å². The largest absolute Gasteiger partial charge is 0.368 e. The van der Waals surface area contributed by atoms with E-state index >= 15 is 0 Å². The number of pyridine rings is 2. The predicted molar refractivity (Wildman–Crippen MR) is 181 cm³/mol. The molecule has 5 heterocycles. The quantitative estimate of drug-likeness (QED) is 0.199. The van der Waals surface area contributed by atoms with Gasteiger partial charge in [-0.25, -0.2) is 9.97 Å². The van der Waals surface area contributed by atoms with E-state index in [4.69, 9.17) is 0 Å². The molecule has 0 saturated heterocycles. The molecule has 5 aromatic rings. The monoisotopic (exact) mass is 649 g/mol. The van der Waals surface area contributed by atoms with Gasteiger partial charge in [0, 0.05) is 62.1 Å². The highest BCUT2D eigenvalue weighted by molar-refractivity contribution is 5.97. The number of para-hydroxylation sites is 1. The van der Waals surface area contributed by atoms with E-state index in [0.29, 0.717) is 38.3 Å². The molecule has 248 valence electrons. The van der Waals surface area contributed by atoms with Gasteiger partial charge in [0.15, 0.2) is 0 Å². The zero-order valence-corrected chi connectivity index (χ0v) is 26.8. The minimum Gasteiger partial charge on any atom is -0.368 e. The molecule has 0 radical (unpaired) electrons. The summed E-state index contributed by atoms with van der Waals surface area (Å²) < 4.78 is 1.90. The molecule has 2 bridgehead atoms. The highest BCUT2D eigenvalue weighted by Crippen LogP contribution is 2.20. The third-order valence-electron chi connectivity index (χ3n) is 8.44. The summed E-state index contributed by atoms with van der Waals surface area (Å²) in [6, 6.07) is 15.8. The van der Waals surface area contributed by atoms with Crippen LogP contribution in [-0.2, 0) is 27.2 Å². The molecule has 1 atom stereocenters. The molecule has 0 aliphatic carbocycles. The molecule has 4 aromatic heterocycles. The highest BCUT2D eigenvalue weighted by Gasteiger charge is 2.24. The SMILES string of the molecule is Cc1cccn2c(CC(=O)N3CCCCNC(=O)[C@H](Cc4c[nH]c5ccccc45)NC(=O)c4cccc(n4)NCCNC(=O)C3)cnc12. The third-order valence-corrected chi connectivity index (χ3v) is 8.44. The van der Waals surface area contributed by atoms with Crippen molar-refractivity contribution in [1.29, 1.82) is 0 Å². The number of amides is 4. The molecule has 4 amide bonds. The predicted octanol–water partition coefficient (Wildman–Crippen LogP) is 2.37. The summed E-state index contributed by atoms with van der Waals surface area (Å²) in [5.74, 6) is -0.820. The maximum atomic E-state index is 13.5. The first-order valence-electron chi connectivity index (χ1n) is 16.2. The summed E-state index contributed by atoms with van der Waals surface area (Å²) in [4.78, 5) is 67.0. The van der Waals surface area contributed by atoms with Crippen molar-refractivity contribution in [2.75, 3.05) is 38.0 Å². The van der Waals surface area contributed by atoms with E-state index in [9.17, 15) is 19.2 Å². The standard InChI is InChI=1S/C35H39N9O4/c1-23-8-7-17-44-25(21-40-33(23)44)19-32(46)43-16-5-4-13-38-34(47)29(18-24-20-39-27-10-3-2-9-26(24)27)42-35(48)28-11-6-12-30(41-28)36-14-15-37-31(45)22-43/h2-3,6-12,17,20-21,29,39H,4-5,13-16,18-19,22H2,1H3,(H,36,41)(H,37,45)(H,38,47)(H,42,48)/t29-/m0/s1. The van der Waals surface area contributed by atoms with Gasteiger partial charge in [0.25, 0.3) is 5.91 Å². The first-order chi connectivity index (χ1) is 23.4. The molecule has 0 saturated carbocycles. The minimum absolute atomic E-state index is 0.0907. The van der Waals surface area contributed by atoms with Crippen LogP contribution in [0.1, 0.15) is 40.2 Å². The molecule has 48 heavy (non-hydrogen) atoms. The van der Waals surface area contributed by atoms with Gasteiger partial charge >= 0.3 is 0 Å². The van der Waals surface area contributed by atoms with Crippen molar-refractivity contribution in [3.63, 3.8) is 0 Å². The van der Waals surface area contributed by atoms with E-state index in [1.165, 1.54) is 0 Å². The van der Waals surface area contributed by atoms with Gasteiger partial charge in [-0.15, -0.1) is 0 Å². The Morgan fingerprint density at radius 1 is 0.938 bits per heavy atom. The van der Waals surface area contributed by atoms with E-state index < -0.39 is 11.9 Å². The normalized spacial score (nSPS) is 17.1. The molecular formula is C35H39N9O4. The van der Waals surface area contributed by atoms with Crippen molar-refractivity contribution in [2.24, 2.45) is 0 Å². The molecule has 0 unspecified atom stereocenters. The van der Waals surface area contributed by atoms with Gasteiger partial charge in [0.2, 0.25) is 17.7 Å². The lowest BCUT2D eigenvalue weighted by atomic mass is 10.0. The fourth-order valence-electron chi connectivity index (χ4n) is 5.90. The number of hydrogen-bond acceptors (Lipinski definition) is 7. The summed E-state index contributed by atoms with van der Waals surface area (Å²) in [5.41, 5.74) is 4.54. The van der Waals surface area contributed by atoms with Crippen molar-refractivity contribution < 1.29 is 19.2 Å². The summed E-state index contributed by atoms with van der Waals surface area (Å²) >= 11 is 0. The second-order valence-corrected chi connectivity index (χ2v) is 11.9. The van der Waals surface area contributed by atoms with Crippen molar-refractivity contribution in [3.05, 3.63) is 95.7 Å². The van der Waals surface area contributed by atoms with Crippen LogP contribution < -0.4 is 21.3 Å². The number of aromatic amines is 1. The number of imidazole rings is 1. The number of anilines is 1. The Bertz CT molecular complexity index is 1950. The first-order valence-corrected chi connectivity index (χ1v) is 16.2. The van der Waals surface area contributed by atoms with Crippen molar-refractivity contribution in [1.82, 2.24) is 40.2 Å². The summed E-state index contributed by atoms with van der Waals surface area (Å²) in [6.45, 7) is 3.17. The van der Waals surface area contributed by atoms with Crippen LogP contribution in [0, 0.1) is 6.92 Å². The molecular weight excluding hydrogens is 610 g/mol. The van der Waals surface area contributed by atoms with Crippen LogP contribution in [0.3, 0.4) is 0 Å². The Morgan fingerprint density at radius 2 is 1.79 bits per heavy atom. The van der Waals surface area contributed by atoms with Crippen LogP contribution in [0.25, 0.3) is 16.6 Å². The van der Waals surface area contributed by atoms with Gasteiger partial charge < -0.3 is 35.6 Å². The van der Waals surface area contributed by atoms with Crippen LogP contribution in [0.5, 0.6) is 0 Å². The van der Waals surface area contributed by atoms with Crippen LogP contribution in [-0.4, -0.2) is 86.6 Å². The van der Waals surface area contributed by atoms with E-state index in [-0.39, 0.29) is 49.3 Å². The zero-order chi connectivity index (χ0) is 33.5. The molecule has 1 aromatic carbocycles. The summed E-state index contributed by atoms with van der Waals surface area (Å²) in [7, 11) is 0. The highest BCUT2D eigenvalue weighted by atomic mass is 16.2. The number of nitrogens with one attached hydrogen (secondary N) is 5. The first kappa shape index (κ1) is 32.2. The Kier molecular flexibility index (Phi) is 9.93. The van der Waals surface area contributed by atoms with Gasteiger partial charge in [0.05, 0.1) is 18.7 Å². The van der Waals surface area contributed by atoms with Gasteiger partial charge in [-0.3, -0.25) is 19.2 Å². The van der Waals surface area contributed by atoms with Crippen LogP contribution in [0.2, 0.25) is 0 Å². The number of fused-ring (bicyclic) bond motifs is 4. The summed E-state index contributed by atoms with van der Waals surface area (Å²) in [6.07, 6.45) is 6.92. The molecule has 1 aliphatic heterocycles. The lowest BCUT2D eigenvalue weighted by molar-refractivity contribution is -0.135. The molecule has 13 nitrogen and oxygen atoms in total. The molecule has 6 rings (SSSR count). The van der Waals surface area contributed by atoms with Crippen LogP contribution >= 0.6 is 0 Å².